The largest absolute Gasteiger partial charge is 0.380 e. The van der Waals surface area contributed by atoms with E-state index in [9.17, 15) is 4.79 Å². The van der Waals surface area contributed by atoms with Gasteiger partial charge in [0.05, 0.1) is 12.6 Å². The van der Waals surface area contributed by atoms with Crippen LogP contribution in [0.2, 0.25) is 0 Å². The van der Waals surface area contributed by atoms with Crippen molar-refractivity contribution < 1.29 is 9.53 Å². The van der Waals surface area contributed by atoms with Crippen molar-refractivity contribution in [2.75, 3.05) is 26.7 Å². The zero-order valence-electron chi connectivity index (χ0n) is 7.88. The van der Waals surface area contributed by atoms with Crippen LogP contribution in [0.4, 0.5) is 0 Å². The summed E-state index contributed by atoms with van der Waals surface area (Å²) >= 11 is 0. The first kappa shape index (κ1) is 9.68. The van der Waals surface area contributed by atoms with Crippen LogP contribution in [0, 0.1) is 0 Å². The van der Waals surface area contributed by atoms with Crippen LogP contribution < -0.4 is 0 Å². The Morgan fingerprint density at radius 2 is 2.42 bits per heavy atom. The third-order valence-corrected chi connectivity index (χ3v) is 2.39. The Hall–Kier alpha value is -0.410. The van der Waals surface area contributed by atoms with E-state index in [-0.39, 0.29) is 6.10 Å². The maximum Gasteiger partial charge on any atom is 0.146 e. The number of carbonyl (C=O) groups excluding carboxylic acids is 1. The molecule has 70 valence electrons. The number of hydrogen-bond donors (Lipinski definition) is 0. The zero-order valence-corrected chi connectivity index (χ0v) is 7.88. The van der Waals surface area contributed by atoms with Gasteiger partial charge in [-0.3, -0.25) is 9.69 Å². The van der Waals surface area contributed by atoms with E-state index in [1.54, 1.807) is 7.11 Å². The number of likely N-dealkylation sites (tertiary alicyclic amines) is 1. The summed E-state index contributed by atoms with van der Waals surface area (Å²) in [5.74, 6) is 0.344. The summed E-state index contributed by atoms with van der Waals surface area (Å²) in [6, 6.07) is 0. The van der Waals surface area contributed by atoms with Crippen molar-refractivity contribution in [2.24, 2.45) is 0 Å². The van der Waals surface area contributed by atoms with Crippen LogP contribution in [-0.2, 0) is 9.53 Å². The highest BCUT2D eigenvalue weighted by atomic mass is 16.5. The minimum absolute atomic E-state index is 0.247. The maximum atomic E-state index is 11.2. The molecule has 12 heavy (non-hydrogen) atoms. The first-order valence-corrected chi connectivity index (χ1v) is 4.53. The van der Waals surface area contributed by atoms with Gasteiger partial charge in [0.1, 0.15) is 5.78 Å². The Labute approximate surface area is 73.7 Å². The molecule has 0 aromatic heterocycles. The molecule has 0 spiro atoms. The summed E-state index contributed by atoms with van der Waals surface area (Å²) in [6.45, 7) is 4.52. The van der Waals surface area contributed by atoms with Crippen molar-refractivity contribution in [3.8, 4) is 0 Å². The van der Waals surface area contributed by atoms with E-state index in [4.69, 9.17) is 4.74 Å². The highest BCUT2D eigenvalue weighted by molar-refractivity contribution is 5.80. The number of nitrogens with zero attached hydrogens (tertiary/aromatic N) is 1. The number of Topliss-reactive ketones (excluding diaryl/α,β-unsaturated/α-hetero) is 1. The third kappa shape index (κ3) is 2.57. The smallest absolute Gasteiger partial charge is 0.146 e. The molecule has 3 heteroatoms. The van der Waals surface area contributed by atoms with Gasteiger partial charge in [-0.05, 0) is 13.0 Å². The lowest BCUT2D eigenvalue weighted by Gasteiger charge is -2.20. The van der Waals surface area contributed by atoms with Crippen molar-refractivity contribution >= 4 is 5.78 Å². The SMILES string of the molecule is CCN1CC(=O)CC[C@H](OC)C1. The summed E-state index contributed by atoms with van der Waals surface area (Å²) in [4.78, 5) is 13.4. The highest BCUT2D eigenvalue weighted by Gasteiger charge is 2.20. The van der Waals surface area contributed by atoms with Crippen LogP contribution in [0.25, 0.3) is 0 Å². The van der Waals surface area contributed by atoms with Crippen LogP contribution in [0.15, 0.2) is 0 Å². The number of rotatable bonds is 2. The van der Waals surface area contributed by atoms with Gasteiger partial charge >= 0.3 is 0 Å². The van der Waals surface area contributed by atoms with Gasteiger partial charge in [0.2, 0.25) is 0 Å². The summed E-state index contributed by atoms with van der Waals surface area (Å²) < 4.78 is 5.26. The molecule has 1 atom stereocenters. The van der Waals surface area contributed by atoms with E-state index in [2.05, 4.69) is 11.8 Å². The number of methoxy groups -OCH3 is 1. The molecular formula is C9H17NO2. The van der Waals surface area contributed by atoms with Gasteiger partial charge in [-0.25, -0.2) is 0 Å². The monoisotopic (exact) mass is 171 g/mol. The Bertz CT molecular complexity index is 159. The quantitative estimate of drug-likeness (QED) is 0.612. The van der Waals surface area contributed by atoms with Gasteiger partial charge in [0, 0.05) is 20.1 Å². The average molecular weight is 171 g/mol. The Balaban J connectivity index is 2.49. The topological polar surface area (TPSA) is 29.5 Å². The van der Waals surface area contributed by atoms with Gasteiger partial charge in [-0.2, -0.15) is 0 Å². The summed E-state index contributed by atoms with van der Waals surface area (Å²) in [5.41, 5.74) is 0. The van der Waals surface area contributed by atoms with Crippen molar-refractivity contribution in [1.82, 2.24) is 4.90 Å². The number of likely N-dealkylation sites (N-methyl/N-ethyl adjacent to an activating group) is 1. The number of ketones is 1. The standard InChI is InChI=1S/C9H17NO2/c1-3-10-6-8(11)4-5-9(7-10)12-2/h9H,3-7H2,1-2H3/t9-/m0/s1. The lowest BCUT2D eigenvalue weighted by Crippen LogP contribution is -2.33. The van der Waals surface area contributed by atoms with Crippen LogP contribution in [0.1, 0.15) is 19.8 Å². The van der Waals surface area contributed by atoms with Crippen LogP contribution in [0.3, 0.4) is 0 Å². The molecule has 1 heterocycles. The lowest BCUT2D eigenvalue weighted by atomic mass is 10.2. The fourth-order valence-corrected chi connectivity index (χ4v) is 1.53. The minimum Gasteiger partial charge on any atom is -0.380 e. The molecule has 1 aliphatic heterocycles. The van der Waals surface area contributed by atoms with Gasteiger partial charge < -0.3 is 4.74 Å². The van der Waals surface area contributed by atoms with Crippen molar-refractivity contribution in [2.45, 2.75) is 25.9 Å². The van der Waals surface area contributed by atoms with E-state index in [1.165, 1.54) is 0 Å². The second-order valence-electron chi connectivity index (χ2n) is 3.26. The van der Waals surface area contributed by atoms with E-state index in [0.29, 0.717) is 18.7 Å². The average Bonchev–Trinajstić information content (AvgIpc) is 2.26. The molecule has 1 aliphatic rings. The van der Waals surface area contributed by atoms with E-state index in [0.717, 1.165) is 19.5 Å². The molecule has 0 N–H and O–H groups in total. The predicted octanol–water partition coefficient (Wildman–Crippen LogP) is 0.686. The molecule has 0 bridgehead atoms. The molecule has 1 fully saturated rings. The minimum atomic E-state index is 0.247. The van der Waals surface area contributed by atoms with Crippen LogP contribution >= 0.6 is 0 Å². The summed E-state index contributed by atoms with van der Waals surface area (Å²) in [7, 11) is 1.72. The highest BCUT2D eigenvalue weighted by Crippen LogP contribution is 2.10. The Morgan fingerprint density at radius 1 is 1.67 bits per heavy atom. The van der Waals surface area contributed by atoms with Crippen molar-refractivity contribution in [1.29, 1.82) is 0 Å². The third-order valence-electron chi connectivity index (χ3n) is 2.39. The molecule has 0 saturated carbocycles. The zero-order chi connectivity index (χ0) is 8.97. The van der Waals surface area contributed by atoms with Gasteiger partial charge in [-0.15, -0.1) is 0 Å². The van der Waals surface area contributed by atoms with Gasteiger partial charge in [0.25, 0.3) is 0 Å². The Kier molecular flexibility index (Phi) is 3.69. The van der Waals surface area contributed by atoms with Crippen LogP contribution in [0.5, 0.6) is 0 Å². The van der Waals surface area contributed by atoms with Crippen LogP contribution in [-0.4, -0.2) is 43.5 Å². The molecule has 0 amide bonds. The molecule has 0 aromatic rings. The molecule has 0 unspecified atom stereocenters. The van der Waals surface area contributed by atoms with Gasteiger partial charge in [-0.1, -0.05) is 6.92 Å². The number of hydrogen-bond acceptors (Lipinski definition) is 3. The molecule has 1 rings (SSSR count). The predicted molar refractivity (Wildman–Crippen MR) is 47.2 cm³/mol. The molecule has 3 nitrogen and oxygen atoms in total. The fraction of sp³-hybridized carbons (Fsp3) is 0.889. The van der Waals surface area contributed by atoms with Crippen molar-refractivity contribution in [3.05, 3.63) is 0 Å². The normalized spacial score (nSPS) is 27.2. The maximum absolute atomic E-state index is 11.2. The second kappa shape index (κ2) is 4.58. The molecule has 0 radical (unpaired) electrons. The van der Waals surface area contributed by atoms with E-state index >= 15 is 0 Å². The van der Waals surface area contributed by atoms with Gasteiger partial charge in [0.15, 0.2) is 0 Å². The summed E-state index contributed by atoms with van der Waals surface area (Å²) in [5, 5.41) is 0. The molecule has 1 saturated heterocycles. The lowest BCUT2D eigenvalue weighted by molar-refractivity contribution is -0.119. The van der Waals surface area contributed by atoms with E-state index < -0.39 is 0 Å². The first-order valence-electron chi connectivity index (χ1n) is 4.53. The Morgan fingerprint density at radius 3 is 3.00 bits per heavy atom. The fourth-order valence-electron chi connectivity index (χ4n) is 1.53. The first-order chi connectivity index (χ1) is 5.76. The van der Waals surface area contributed by atoms with Crippen molar-refractivity contribution in [3.63, 3.8) is 0 Å². The summed E-state index contributed by atoms with van der Waals surface area (Å²) in [6.07, 6.45) is 1.80. The number of carbonyl (C=O) groups is 1. The van der Waals surface area contributed by atoms with E-state index in [1.807, 2.05) is 0 Å². The molecular weight excluding hydrogens is 154 g/mol. The molecule has 0 aromatic carbocycles. The second-order valence-corrected chi connectivity index (χ2v) is 3.26. The number of ether oxygens (including phenoxy) is 1. The molecule has 0 aliphatic carbocycles.